The minimum atomic E-state index is 0. The van der Waals surface area contributed by atoms with Gasteiger partial charge in [0, 0.05) is 12.2 Å². The molecule has 0 bridgehead atoms. The molecule has 0 spiro atoms. The molecule has 1 radical (unpaired) electrons. The van der Waals surface area contributed by atoms with E-state index in [0.717, 1.165) is 10.1 Å². The van der Waals surface area contributed by atoms with Crippen molar-refractivity contribution < 1.29 is 12.4 Å². The molecular weight excluding hydrogens is 248 g/mol. The lowest BCUT2D eigenvalue weighted by Gasteiger charge is -1.79. The lowest BCUT2D eigenvalue weighted by molar-refractivity contribution is -0.00000155. The fraction of sp³-hybridized carbons (Fsp3) is 0.167. The molecule has 0 atom stereocenters. The van der Waals surface area contributed by atoms with Crippen LogP contribution in [0, 0.1) is 0 Å². The van der Waals surface area contributed by atoms with Gasteiger partial charge in [-0.15, -0.1) is 0 Å². The van der Waals surface area contributed by atoms with Gasteiger partial charge in [-0.2, -0.15) is 0 Å². The number of rotatable bonds is 1. The molecule has 0 aliphatic carbocycles. The largest absolute Gasteiger partial charge is 1.00 e. The minimum absolute atomic E-state index is 0. The van der Waals surface area contributed by atoms with E-state index in [0.29, 0.717) is 0 Å². The van der Waals surface area contributed by atoms with Crippen molar-refractivity contribution in [3.8, 4) is 0 Å². The highest BCUT2D eigenvalue weighted by molar-refractivity contribution is 14.1. The third-order valence-corrected chi connectivity index (χ3v) is 1.64. The molecule has 0 N–H and O–H groups in total. The van der Waals surface area contributed by atoms with Crippen molar-refractivity contribution in [1.82, 2.24) is 4.99 Å². The Hall–Kier alpha value is 0.170. The molecular formula is C6H6ClIN. The van der Waals surface area contributed by atoms with Gasteiger partial charge in [0.1, 0.15) is 0 Å². The number of halogens is 2. The van der Waals surface area contributed by atoms with Gasteiger partial charge in [0.05, 0.1) is 9.42 Å². The highest BCUT2D eigenvalue weighted by Crippen LogP contribution is 1.96. The van der Waals surface area contributed by atoms with Crippen molar-refractivity contribution in [3.63, 3.8) is 0 Å². The fourth-order valence-corrected chi connectivity index (χ4v) is 0.928. The van der Waals surface area contributed by atoms with Gasteiger partial charge in [0.2, 0.25) is 6.21 Å². The van der Waals surface area contributed by atoms with E-state index in [1.165, 1.54) is 0 Å². The maximum Gasteiger partial charge on any atom is 0.263 e. The molecule has 0 aromatic carbocycles. The average molecular weight is 254 g/mol. The van der Waals surface area contributed by atoms with E-state index in [1.54, 1.807) is 0 Å². The summed E-state index contributed by atoms with van der Waals surface area (Å²) >= 11 is 2.29. The van der Waals surface area contributed by atoms with Gasteiger partial charge in [-0.3, -0.25) is 0 Å². The Balaban J connectivity index is 0.000000640. The first-order chi connectivity index (χ1) is 3.93. The summed E-state index contributed by atoms with van der Waals surface area (Å²) in [6, 6.07) is 0. The van der Waals surface area contributed by atoms with Crippen LogP contribution in [-0.2, 0) is 0 Å². The Morgan fingerprint density at radius 3 is 2.56 bits per heavy atom. The van der Waals surface area contributed by atoms with Crippen molar-refractivity contribution in [2.75, 3.05) is 4.43 Å². The standard InChI is InChI=1S/C6H6IN.ClH/c7-5-6-3-1-2-4-8-6;/h1-4H,5H2;1H/q+1;/p-1. The summed E-state index contributed by atoms with van der Waals surface area (Å²) in [7, 11) is 0. The van der Waals surface area contributed by atoms with Crippen molar-refractivity contribution in [2.45, 2.75) is 0 Å². The van der Waals surface area contributed by atoms with Crippen LogP contribution in [0.3, 0.4) is 0 Å². The van der Waals surface area contributed by atoms with Crippen molar-refractivity contribution in [2.24, 2.45) is 0 Å². The summed E-state index contributed by atoms with van der Waals surface area (Å²) < 4.78 is 0.999. The predicted octanol–water partition coefficient (Wildman–Crippen LogP) is -1.71. The van der Waals surface area contributed by atoms with Gasteiger partial charge < -0.3 is 12.4 Å². The second-order valence-electron chi connectivity index (χ2n) is 1.45. The number of nitrogens with zero attached hydrogens (tertiary/aromatic N) is 1. The lowest BCUT2D eigenvalue weighted by Crippen LogP contribution is -3.00. The zero-order valence-electron chi connectivity index (χ0n) is 4.72. The third kappa shape index (κ3) is 3.01. The first kappa shape index (κ1) is 9.17. The molecule has 9 heavy (non-hydrogen) atoms. The zero-order valence-corrected chi connectivity index (χ0v) is 7.63. The van der Waals surface area contributed by atoms with Crippen LogP contribution in [-0.4, -0.2) is 10.6 Å². The van der Waals surface area contributed by atoms with Gasteiger partial charge >= 0.3 is 0 Å². The Morgan fingerprint density at radius 2 is 2.22 bits per heavy atom. The van der Waals surface area contributed by atoms with Gasteiger partial charge in [-0.1, -0.05) is 22.6 Å². The quantitative estimate of drug-likeness (QED) is 0.391. The Labute approximate surface area is 74.5 Å². The first-order valence-corrected chi connectivity index (χ1v) is 3.92. The van der Waals surface area contributed by atoms with Crippen LogP contribution >= 0.6 is 22.6 Å². The van der Waals surface area contributed by atoms with Gasteiger partial charge in [0.25, 0.3) is 5.70 Å². The van der Waals surface area contributed by atoms with Crippen LogP contribution in [0.2, 0.25) is 0 Å². The molecule has 1 aliphatic heterocycles. The molecule has 1 nitrogen and oxygen atoms in total. The average Bonchev–Trinajstić information content (AvgIpc) is 1.90. The van der Waals surface area contributed by atoms with Crippen LogP contribution < -0.4 is 17.4 Å². The smallest absolute Gasteiger partial charge is 0.263 e. The van der Waals surface area contributed by atoms with Gasteiger partial charge in [0.15, 0.2) is 0 Å². The maximum atomic E-state index is 4.09. The maximum absolute atomic E-state index is 4.09. The van der Waals surface area contributed by atoms with Crippen LogP contribution in [0.5, 0.6) is 0 Å². The summed E-state index contributed by atoms with van der Waals surface area (Å²) in [4.78, 5) is 4.09. The van der Waals surface area contributed by atoms with Crippen LogP contribution in [0.1, 0.15) is 0 Å². The van der Waals surface area contributed by atoms with Crippen LogP contribution in [0.4, 0.5) is 0 Å². The number of alkyl halides is 1. The normalized spacial score (nSPS) is 14.6. The molecule has 49 valence electrons. The number of hydrogen-bond acceptors (Lipinski definition) is 1. The molecule has 0 unspecified atom stereocenters. The van der Waals surface area contributed by atoms with Gasteiger partial charge in [-0.05, 0) is 6.08 Å². The van der Waals surface area contributed by atoms with Crippen molar-refractivity contribution >= 4 is 28.8 Å². The van der Waals surface area contributed by atoms with E-state index in [-0.39, 0.29) is 12.4 Å². The highest BCUT2D eigenvalue weighted by atomic mass is 127. The lowest BCUT2D eigenvalue weighted by atomic mass is 10.3. The molecule has 0 aromatic rings. The summed E-state index contributed by atoms with van der Waals surface area (Å²) in [6.07, 6.45) is 7.76. The Kier molecular flexibility index (Phi) is 5.09. The summed E-state index contributed by atoms with van der Waals surface area (Å²) in [6.45, 7) is 0. The van der Waals surface area contributed by atoms with Gasteiger partial charge in [-0.25, -0.2) is 0 Å². The Bertz CT molecular complexity index is 160. The second-order valence-corrected chi connectivity index (χ2v) is 2.22. The molecule has 1 aliphatic rings. The fourth-order valence-electron chi connectivity index (χ4n) is 0.477. The second kappa shape index (κ2) is 4.99. The van der Waals surface area contributed by atoms with Crippen LogP contribution in [0.25, 0.3) is 0 Å². The summed E-state index contributed by atoms with van der Waals surface area (Å²) in [5.41, 5.74) is 1.15. The van der Waals surface area contributed by atoms with Crippen molar-refractivity contribution in [1.29, 1.82) is 0 Å². The molecule has 0 saturated heterocycles. The molecule has 0 saturated carbocycles. The zero-order chi connectivity index (χ0) is 5.82. The molecule has 0 fully saturated rings. The van der Waals surface area contributed by atoms with E-state index in [4.69, 9.17) is 0 Å². The minimum Gasteiger partial charge on any atom is -1.00 e. The van der Waals surface area contributed by atoms with E-state index in [9.17, 15) is 0 Å². The van der Waals surface area contributed by atoms with E-state index < -0.39 is 0 Å². The topological polar surface area (TPSA) is 14.1 Å². The monoisotopic (exact) mass is 254 g/mol. The Morgan fingerprint density at radius 1 is 1.44 bits per heavy atom. The molecule has 1 rings (SSSR count). The molecule has 0 aromatic heterocycles. The first-order valence-electron chi connectivity index (χ1n) is 2.39. The number of aliphatic imine (C=N–C) groups is 1. The van der Waals surface area contributed by atoms with Crippen LogP contribution in [0.15, 0.2) is 23.9 Å². The third-order valence-electron chi connectivity index (χ3n) is 0.863. The number of hydrogen-bond donors (Lipinski definition) is 0. The van der Waals surface area contributed by atoms with Crippen molar-refractivity contribution in [3.05, 3.63) is 23.9 Å². The van der Waals surface area contributed by atoms with E-state index in [2.05, 4.69) is 27.6 Å². The molecule has 0 amide bonds. The SMILES string of the molecule is ICC1=CC=CC=[N+]1.[Cl-]. The van der Waals surface area contributed by atoms with E-state index >= 15 is 0 Å². The summed E-state index contributed by atoms with van der Waals surface area (Å²) in [5, 5.41) is 0. The predicted molar refractivity (Wildman–Crippen MR) is 44.3 cm³/mol. The molecule has 1 heterocycles. The summed E-state index contributed by atoms with van der Waals surface area (Å²) in [5.74, 6) is 0. The van der Waals surface area contributed by atoms with E-state index in [1.807, 2.05) is 24.4 Å². The highest BCUT2D eigenvalue weighted by Gasteiger charge is 2.03. The molecule has 3 heteroatoms. The number of allylic oxidation sites excluding steroid dienone is 4.